The molecule has 0 bridgehead atoms. The van der Waals surface area contributed by atoms with Crippen LogP contribution >= 0.6 is 11.8 Å². The maximum Gasteiger partial charge on any atom is 0.293 e. The number of ether oxygens (including phenoxy) is 1. The van der Waals surface area contributed by atoms with Crippen molar-refractivity contribution in [3.05, 3.63) is 91.1 Å². The first-order chi connectivity index (χ1) is 16.3. The number of carbonyl (C=O) groups excluding carboxylic acids is 2. The van der Waals surface area contributed by atoms with Crippen LogP contribution in [0, 0.1) is 20.2 Å². The summed E-state index contributed by atoms with van der Waals surface area (Å²) in [6, 6.07) is 13.1. The van der Waals surface area contributed by atoms with Gasteiger partial charge in [-0.1, -0.05) is 18.2 Å². The molecule has 1 aliphatic heterocycles. The number of furan rings is 1. The molecule has 34 heavy (non-hydrogen) atoms. The minimum Gasteiger partial charge on any atom is -0.496 e. The molecule has 0 unspecified atom stereocenters. The lowest BCUT2D eigenvalue weighted by Gasteiger charge is -2.12. The molecule has 4 rings (SSSR count). The molecule has 0 atom stereocenters. The van der Waals surface area contributed by atoms with Gasteiger partial charge in [-0.05, 0) is 30.0 Å². The van der Waals surface area contributed by atoms with Crippen LogP contribution in [-0.4, -0.2) is 33.0 Å². The molecule has 1 aliphatic rings. The minimum absolute atomic E-state index is 0.0974. The average Bonchev–Trinajstić information content (AvgIpc) is 3.39. The van der Waals surface area contributed by atoms with E-state index in [-0.39, 0.29) is 39.9 Å². The highest BCUT2D eigenvalue weighted by molar-refractivity contribution is 8.18. The first-order valence-electron chi connectivity index (χ1n) is 9.69. The quantitative estimate of drug-likeness (QED) is 0.258. The largest absolute Gasteiger partial charge is 0.496 e. The number of nitrogens with zero attached hydrogens (tertiary/aromatic N) is 3. The van der Waals surface area contributed by atoms with Gasteiger partial charge in [0.15, 0.2) is 0 Å². The molecule has 1 saturated heterocycles. The van der Waals surface area contributed by atoms with Gasteiger partial charge in [0.2, 0.25) is 0 Å². The van der Waals surface area contributed by atoms with Gasteiger partial charge < -0.3 is 9.15 Å². The van der Waals surface area contributed by atoms with Crippen molar-refractivity contribution in [2.75, 3.05) is 7.11 Å². The number of carbonyl (C=O) groups is 2. The number of non-ortho nitro benzene ring substituents is 1. The van der Waals surface area contributed by atoms with Crippen molar-refractivity contribution in [2.45, 2.75) is 6.54 Å². The number of thioether (sulfide) groups is 1. The summed E-state index contributed by atoms with van der Waals surface area (Å²) < 4.78 is 11.0. The van der Waals surface area contributed by atoms with E-state index in [4.69, 9.17) is 9.15 Å². The molecule has 1 aromatic heterocycles. The monoisotopic (exact) mass is 481 g/mol. The van der Waals surface area contributed by atoms with Crippen LogP contribution in [0.4, 0.5) is 16.2 Å². The summed E-state index contributed by atoms with van der Waals surface area (Å²) in [5.74, 6) is 0.252. The van der Waals surface area contributed by atoms with Crippen LogP contribution in [0.1, 0.15) is 11.3 Å². The zero-order valence-corrected chi connectivity index (χ0v) is 18.3. The zero-order chi connectivity index (χ0) is 24.4. The Morgan fingerprint density at radius 1 is 1.06 bits per heavy atom. The van der Waals surface area contributed by atoms with Crippen molar-refractivity contribution >= 4 is 40.4 Å². The van der Waals surface area contributed by atoms with Gasteiger partial charge in [0.25, 0.3) is 22.5 Å². The van der Waals surface area contributed by atoms with E-state index < -0.39 is 21.0 Å². The van der Waals surface area contributed by atoms with Crippen molar-refractivity contribution in [3.63, 3.8) is 0 Å². The van der Waals surface area contributed by atoms with Gasteiger partial charge in [-0.2, -0.15) is 0 Å². The average molecular weight is 481 g/mol. The number of hydrogen-bond acceptors (Lipinski definition) is 9. The Balaban J connectivity index is 1.58. The van der Waals surface area contributed by atoms with E-state index in [0.29, 0.717) is 23.1 Å². The van der Waals surface area contributed by atoms with Gasteiger partial charge in [-0.15, -0.1) is 0 Å². The number of imide groups is 1. The van der Waals surface area contributed by atoms with Crippen molar-refractivity contribution < 1.29 is 28.6 Å². The van der Waals surface area contributed by atoms with Gasteiger partial charge in [-0.3, -0.25) is 34.7 Å². The Labute approximate surface area is 195 Å². The first kappa shape index (κ1) is 22.7. The summed E-state index contributed by atoms with van der Waals surface area (Å²) in [7, 11) is 1.37. The maximum atomic E-state index is 12.8. The molecule has 0 radical (unpaired) electrons. The van der Waals surface area contributed by atoms with Crippen molar-refractivity contribution in [1.29, 1.82) is 0 Å². The summed E-state index contributed by atoms with van der Waals surface area (Å²) >= 11 is 0.697. The Kier molecular flexibility index (Phi) is 6.15. The van der Waals surface area contributed by atoms with Gasteiger partial charge in [0.1, 0.15) is 17.3 Å². The lowest BCUT2D eigenvalue weighted by molar-refractivity contribution is -0.385. The molecule has 2 aromatic carbocycles. The summed E-state index contributed by atoms with van der Waals surface area (Å²) in [6.07, 6.45) is 1.39. The van der Waals surface area contributed by atoms with Crippen molar-refractivity contribution in [2.24, 2.45) is 0 Å². The molecular weight excluding hydrogens is 466 g/mol. The predicted octanol–water partition coefficient (Wildman–Crippen LogP) is 5.01. The van der Waals surface area contributed by atoms with Gasteiger partial charge >= 0.3 is 0 Å². The third-order valence-corrected chi connectivity index (χ3v) is 5.86. The highest BCUT2D eigenvalue weighted by atomic mass is 32.2. The number of hydrogen-bond donors (Lipinski definition) is 0. The predicted molar refractivity (Wildman–Crippen MR) is 122 cm³/mol. The molecular formula is C22H15N3O8S. The molecule has 12 heteroatoms. The van der Waals surface area contributed by atoms with E-state index >= 15 is 0 Å². The SMILES string of the molecule is COc1cc([N+](=O)[O-])ccc1-c1ccc(/C=C2/SC(=O)N(Cc3ccccc3[N+](=O)[O-])C2=O)o1. The van der Waals surface area contributed by atoms with Crippen LogP contribution in [0.5, 0.6) is 5.75 Å². The fraction of sp³-hybridized carbons (Fsp3) is 0.0909. The lowest BCUT2D eigenvalue weighted by atomic mass is 10.1. The number of para-hydroxylation sites is 1. The van der Waals surface area contributed by atoms with Gasteiger partial charge in [-0.25, -0.2) is 0 Å². The van der Waals surface area contributed by atoms with Crippen LogP contribution in [0.15, 0.2) is 63.9 Å². The molecule has 2 heterocycles. The summed E-state index contributed by atoms with van der Waals surface area (Å²) in [5.41, 5.74) is 0.386. The van der Waals surface area contributed by atoms with Crippen LogP contribution in [0.3, 0.4) is 0 Å². The second-order valence-corrected chi connectivity index (χ2v) is 7.99. The molecule has 11 nitrogen and oxygen atoms in total. The Morgan fingerprint density at radius 2 is 1.82 bits per heavy atom. The summed E-state index contributed by atoms with van der Waals surface area (Å²) in [6.45, 7) is -0.234. The molecule has 1 fully saturated rings. The molecule has 3 aromatic rings. The van der Waals surface area contributed by atoms with Crippen LogP contribution in [-0.2, 0) is 11.3 Å². The second kappa shape index (κ2) is 9.19. The Bertz CT molecular complexity index is 1360. The lowest BCUT2D eigenvalue weighted by Crippen LogP contribution is -2.27. The first-order valence-corrected chi connectivity index (χ1v) is 10.5. The minimum atomic E-state index is -0.598. The van der Waals surface area contributed by atoms with Crippen molar-refractivity contribution in [3.8, 4) is 17.1 Å². The Morgan fingerprint density at radius 3 is 2.53 bits per heavy atom. The topological polar surface area (TPSA) is 146 Å². The Hall–Kier alpha value is -4.45. The molecule has 172 valence electrons. The highest BCUT2D eigenvalue weighted by Crippen LogP contribution is 2.37. The summed E-state index contributed by atoms with van der Waals surface area (Å²) in [4.78, 5) is 47.4. The molecule has 0 saturated carbocycles. The standard InChI is InChI=1S/C22H15N3O8S/c1-32-19-10-14(24(28)29)6-8-16(19)18-9-7-15(33-18)11-20-21(26)23(22(27)34-20)12-13-4-2-3-5-17(13)25(30)31/h2-11H,12H2,1H3/b20-11+. The van der Waals surface area contributed by atoms with E-state index in [2.05, 4.69) is 0 Å². The molecule has 2 amide bonds. The summed E-state index contributed by atoms with van der Waals surface area (Å²) in [5, 5.41) is 21.7. The number of nitro groups is 2. The van der Waals surface area contributed by atoms with E-state index in [1.807, 2.05) is 0 Å². The molecule has 0 N–H and O–H groups in total. The normalized spacial score (nSPS) is 14.6. The second-order valence-electron chi connectivity index (χ2n) is 7.00. The number of methoxy groups -OCH3 is 1. The van der Waals surface area contributed by atoms with E-state index in [1.54, 1.807) is 18.2 Å². The third-order valence-electron chi connectivity index (χ3n) is 4.95. The van der Waals surface area contributed by atoms with Crippen molar-refractivity contribution in [1.82, 2.24) is 4.90 Å². The highest BCUT2D eigenvalue weighted by Gasteiger charge is 2.36. The molecule has 0 aliphatic carbocycles. The fourth-order valence-electron chi connectivity index (χ4n) is 3.33. The fourth-order valence-corrected chi connectivity index (χ4v) is 4.15. The maximum absolute atomic E-state index is 12.8. The zero-order valence-electron chi connectivity index (χ0n) is 17.5. The van der Waals surface area contributed by atoms with Crippen LogP contribution < -0.4 is 4.74 Å². The number of amides is 2. The number of nitro benzene ring substituents is 2. The number of rotatable bonds is 7. The van der Waals surface area contributed by atoms with E-state index in [9.17, 15) is 29.8 Å². The molecule has 0 spiro atoms. The van der Waals surface area contributed by atoms with E-state index in [1.165, 1.54) is 49.6 Å². The number of benzene rings is 2. The van der Waals surface area contributed by atoms with Gasteiger partial charge in [0, 0.05) is 23.8 Å². The van der Waals surface area contributed by atoms with Crippen LogP contribution in [0.2, 0.25) is 0 Å². The van der Waals surface area contributed by atoms with Crippen LogP contribution in [0.25, 0.3) is 17.4 Å². The smallest absolute Gasteiger partial charge is 0.293 e. The van der Waals surface area contributed by atoms with Gasteiger partial charge in [0.05, 0.1) is 40.0 Å². The van der Waals surface area contributed by atoms with E-state index in [0.717, 1.165) is 4.90 Å². The third kappa shape index (κ3) is 4.38.